The number of amides is 1. The zero-order chi connectivity index (χ0) is 15.8. The van der Waals surface area contributed by atoms with Crippen molar-refractivity contribution in [2.75, 3.05) is 13.7 Å². The van der Waals surface area contributed by atoms with Crippen molar-refractivity contribution in [3.63, 3.8) is 0 Å². The van der Waals surface area contributed by atoms with Gasteiger partial charge in [-0.15, -0.1) is 0 Å². The second-order valence-corrected chi connectivity index (χ2v) is 4.90. The summed E-state index contributed by atoms with van der Waals surface area (Å²) >= 11 is 0. The molecule has 1 N–H and O–H groups in total. The normalized spacial score (nSPS) is 10.0. The van der Waals surface area contributed by atoms with E-state index in [2.05, 4.69) is 5.32 Å². The highest BCUT2D eigenvalue weighted by Gasteiger charge is 2.14. The van der Waals surface area contributed by atoms with Gasteiger partial charge in [0.05, 0.1) is 7.11 Å². The molecular weight excluding hydrogens is 278 g/mol. The summed E-state index contributed by atoms with van der Waals surface area (Å²) in [5, 5.41) is 2.66. The molecule has 0 fully saturated rings. The number of hydrogen-bond acceptors (Lipinski definition) is 3. The highest BCUT2D eigenvalue weighted by Crippen LogP contribution is 2.12. The lowest BCUT2D eigenvalue weighted by molar-refractivity contribution is -0.117. The maximum absolute atomic E-state index is 11.9. The van der Waals surface area contributed by atoms with Crippen LogP contribution in [0.15, 0.2) is 54.6 Å². The van der Waals surface area contributed by atoms with Crippen LogP contribution < -0.4 is 10.1 Å². The van der Waals surface area contributed by atoms with Gasteiger partial charge in [0.1, 0.15) is 5.75 Å². The molecule has 2 aromatic rings. The molecular formula is C18H19NO3. The molecule has 0 spiro atoms. The van der Waals surface area contributed by atoms with Crippen LogP contribution in [0.25, 0.3) is 0 Å². The Morgan fingerprint density at radius 2 is 1.68 bits per heavy atom. The van der Waals surface area contributed by atoms with E-state index in [4.69, 9.17) is 4.74 Å². The van der Waals surface area contributed by atoms with E-state index in [1.807, 2.05) is 30.3 Å². The number of aryl methyl sites for hydroxylation is 1. The molecule has 0 aromatic heterocycles. The van der Waals surface area contributed by atoms with Crippen molar-refractivity contribution in [2.45, 2.75) is 12.8 Å². The molecule has 0 atom stereocenters. The lowest BCUT2D eigenvalue weighted by Crippen LogP contribution is -2.31. The Morgan fingerprint density at radius 3 is 2.32 bits per heavy atom. The van der Waals surface area contributed by atoms with Gasteiger partial charge in [0.2, 0.25) is 5.78 Å². The van der Waals surface area contributed by atoms with Crippen LogP contribution in [-0.4, -0.2) is 25.3 Å². The van der Waals surface area contributed by atoms with Crippen LogP contribution in [0.4, 0.5) is 0 Å². The summed E-state index contributed by atoms with van der Waals surface area (Å²) in [6.07, 6.45) is 1.62. The van der Waals surface area contributed by atoms with Gasteiger partial charge in [-0.05, 0) is 30.5 Å². The summed E-state index contributed by atoms with van der Waals surface area (Å²) in [6, 6.07) is 16.4. The van der Waals surface area contributed by atoms with Gasteiger partial charge >= 0.3 is 0 Å². The number of hydrogen-bond donors (Lipinski definition) is 1. The zero-order valence-corrected chi connectivity index (χ0v) is 12.5. The predicted octanol–water partition coefficient (Wildman–Crippen LogP) is 2.63. The number of methoxy groups -OCH3 is 1. The molecule has 0 unspecified atom stereocenters. The van der Waals surface area contributed by atoms with Crippen molar-refractivity contribution in [1.82, 2.24) is 5.32 Å². The Kier molecular flexibility index (Phi) is 5.72. The first-order valence-electron chi connectivity index (χ1n) is 7.21. The summed E-state index contributed by atoms with van der Waals surface area (Å²) in [5.74, 6) is -0.225. The molecule has 0 radical (unpaired) electrons. The number of rotatable bonds is 7. The quantitative estimate of drug-likeness (QED) is 0.485. The number of nitrogens with one attached hydrogen (secondary N) is 1. The molecule has 0 aliphatic rings. The smallest absolute Gasteiger partial charge is 0.292 e. The third-order valence-corrected chi connectivity index (χ3v) is 3.33. The summed E-state index contributed by atoms with van der Waals surface area (Å²) in [7, 11) is 1.63. The maximum atomic E-state index is 11.9. The fraction of sp³-hybridized carbons (Fsp3) is 0.222. The Balaban J connectivity index is 1.74. The summed E-state index contributed by atoms with van der Waals surface area (Å²) in [4.78, 5) is 23.6. The molecule has 1 amide bonds. The van der Waals surface area contributed by atoms with Crippen molar-refractivity contribution in [3.05, 3.63) is 65.7 Å². The van der Waals surface area contributed by atoms with E-state index in [-0.39, 0.29) is 0 Å². The number of carbonyl (C=O) groups is 2. The number of Topliss-reactive ketones (excluding diaryl/α,β-unsaturated/α-hetero) is 1. The Morgan fingerprint density at radius 1 is 1.00 bits per heavy atom. The second kappa shape index (κ2) is 7.98. The number of ketones is 1. The molecule has 0 saturated carbocycles. The molecule has 0 heterocycles. The summed E-state index contributed by atoms with van der Waals surface area (Å²) in [6.45, 7) is 0.476. The molecule has 4 nitrogen and oxygen atoms in total. The summed E-state index contributed by atoms with van der Waals surface area (Å²) < 4.78 is 5.10. The van der Waals surface area contributed by atoms with E-state index in [0.717, 1.165) is 18.6 Å². The minimum Gasteiger partial charge on any atom is -0.497 e. The van der Waals surface area contributed by atoms with Crippen LogP contribution in [0.5, 0.6) is 5.75 Å². The van der Waals surface area contributed by atoms with Crippen LogP contribution in [-0.2, 0) is 11.2 Å². The lowest BCUT2D eigenvalue weighted by Gasteiger charge is -2.05. The molecule has 0 bridgehead atoms. The summed E-state index contributed by atoms with van der Waals surface area (Å²) in [5.41, 5.74) is 1.58. The molecule has 0 aliphatic heterocycles. The maximum Gasteiger partial charge on any atom is 0.292 e. The van der Waals surface area contributed by atoms with E-state index in [0.29, 0.717) is 12.1 Å². The van der Waals surface area contributed by atoms with Crippen LogP contribution in [0.3, 0.4) is 0 Å². The number of carbonyl (C=O) groups excluding carboxylic acids is 2. The van der Waals surface area contributed by atoms with Gasteiger partial charge in [0.25, 0.3) is 5.91 Å². The van der Waals surface area contributed by atoms with Gasteiger partial charge in [-0.2, -0.15) is 0 Å². The van der Waals surface area contributed by atoms with Crippen LogP contribution >= 0.6 is 0 Å². The Bertz CT molecular complexity index is 621. The first-order chi connectivity index (χ1) is 10.7. The van der Waals surface area contributed by atoms with Crippen molar-refractivity contribution >= 4 is 11.7 Å². The third-order valence-electron chi connectivity index (χ3n) is 3.33. The molecule has 2 aromatic carbocycles. The van der Waals surface area contributed by atoms with Crippen molar-refractivity contribution < 1.29 is 14.3 Å². The molecule has 0 aliphatic carbocycles. The van der Waals surface area contributed by atoms with Gasteiger partial charge in [-0.1, -0.05) is 42.5 Å². The van der Waals surface area contributed by atoms with Crippen LogP contribution in [0.2, 0.25) is 0 Å². The van der Waals surface area contributed by atoms with Crippen molar-refractivity contribution in [2.24, 2.45) is 0 Å². The fourth-order valence-corrected chi connectivity index (χ4v) is 2.09. The Hall–Kier alpha value is -2.62. The van der Waals surface area contributed by atoms with E-state index in [1.165, 1.54) is 5.56 Å². The standard InChI is InChI=1S/C18H19NO3/c1-22-16-11-9-14(10-12-16)6-5-13-19-18(21)17(20)15-7-3-2-4-8-15/h2-4,7-12H,5-6,13H2,1H3,(H,19,21). The highest BCUT2D eigenvalue weighted by molar-refractivity contribution is 6.42. The molecule has 22 heavy (non-hydrogen) atoms. The van der Waals surface area contributed by atoms with E-state index < -0.39 is 11.7 Å². The van der Waals surface area contributed by atoms with Gasteiger partial charge in [-0.3, -0.25) is 9.59 Å². The van der Waals surface area contributed by atoms with E-state index >= 15 is 0 Å². The SMILES string of the molecule is COc1ccc(CCCNC(=O)C(=O)c2ccccc2)cc1. The van der Waals surface area contributed by atoms with E-state index in [9.17, 15) is 9.59 Å². The average molecular weight is 297 g/mol. The van der Waals surface area contributed by atoms with Crippen LogP contribution in [0.1, 0.15) is 22.3 Å². The minimum atomic E-state index is -0.555. The predicted molar refractivity (Wildman–Crippen MR) is 85.1 cm³/mol. The first kappa shape index (κ1) is 15.8. The van der Waals surface area contributed by atoms with Gasteiger partial charge in [0.15, 0.2) is 0 Å². The minimum absolute atomic E-state index is 0.412. The molecule has 114 valence electrons. The molecule has 4 heteroatoms. The zero-order valence-electron chi connectivity index (χ0n) is 12.5. The average Bonchev–Trinajstić information content (AvgIpc) is 2.59. The topological polar surface area (TPSA) is 55.4 Å². The monoisotopic (exact) mass is 297 g/mol. The third kappa shape index (κ3) is 4.45. The molecule has 0 saturated heterocycles. The van der Waals surface area contributed by atoms with Crippen molar-refractivity contribution in [3.8, 4) is 5.75 Å². The lowest BCUT2D eigenvalue weighted by atomic mass is 10.1. The Labute approximate surface area is 130 Å². The number of benzene rings is 2. The largest absolute Gasteiger partial charge is 0.497 e. The molecule has 2 rings (SSSR count). The van der Waals surface area contributed by atoms with Gasteiger partial charge < -0.3 is 10.1 Å². The van der Waals surface area contributed by atoms with E-state index in [1.54, 1.807) is 31.4 Å². The highest BCUT2D eigenvalue weighted by atomic mass is 16.5. The van der Waals surface area contributed by atoms with Crippen LogP contribution in [0, 0.1) is 0 Å². The van der Waals surface area contributed by atoms with Gasteiger partial charge in [0, 0.05) is 12.1 Å². The fourth-order valence-electron chi connectivity index (χ4n) is 2.09. The van der Waals surface area contributed by atoms with Gasteiger partial charge in [-0.25, -0.2) is 0 Å². The number of ether oxygens (including phenoxy) is 1. The first-order valence-corrected chi connectivity index (χ1v) is 7.21. The second-order valence-electron chi connectivity index (χ2n) is 4.90. The van der Waals surface area contributed by atoms with Crippen molar-refractivity contribution in [1.29, 1.82) is 0 Å².